The number of carbonyl (C=O) groups is 2. The van der Waals surface area contributed by atoms with Crippen LogP contribution in [-0.2, 0) is 30.5 Å². The van der Waals surface area contributed by atoms with Crippen LogP contribution in [0, 0.1) is 22.5 Å². The molecule has 0 aliphatic heterocycles. The maximum Gasteiger partial charge on any atom is 0.252 e. The zero-order valence-corrected chi connectivity index (χ0v) is 37.5. The lowest BCUT2D eigenvalue weighted by molar-refractivity contribution is -0.118. The molecule has 4 aromatic carbocycles. The van der Waals surface area contributed by atoms with Gasteiger partial charge >= 0.3 is 0 Å². The lowest BCUT2D eigenvalue weighted by atomic mass is 9.95. The Hall–Kier alpha value is -5.25. The molecule has 0 aliphatic rings. The van der Waals surface area contributed by atoms with Crippen LogP contribution in [0.25, 0.3) is 22.5 Å². The minimum Gasteiger partial charge on any atom is -0.304 e. The second-order valence-electron chi connectivity index (χ2n) is 16.4. The van der Waals surface area contributed by atoms with E-state index in [0.29, 0.717) is 6.42 Å². The first kappa shape index (κ1) is 49.1. The molecule has 2 aromatic heterocycles. The summed E-state index contributed by atoms with van der Waals surface area (Å²) in [5.74, 6) is -0.469. The van der Waals surface area contributed by atoms with E-state index in [1.165, 1.54) is 48.6 Å². The molecule has 0 bridgehead atoms. The highest BCUT2D eigenvalue weighted by molar-refractivity contribution is 6.64. The average Bonchev–Trinajstić information content (AvgIpc) is 3.89. The van der Waals surface area contributed by atoms with Crippen molar-refractivity contribution in [3.05, 3.63) is 155 Å². The number of hydrogen-bond donors (Lipinski definition) is 1. The summed E-state index contributed by atoms with van der Waals surface area (Å²) in [5, 5.41) is 11.7. The molecule has 0 aliphatic carbocycles. The molecule has 10 heteroatoms. The van der Waals surface area contributed by atoms with E-state index in [1.807, 2.05) is 99.6 Å². The Morgan fingerprint density at radius 2 is 1.05 bits per heavy atom. The van der Waals surface area contributed by atoms with E-state index in [4.69, 9.17) is 11.6 Å². The number of aryl methyl sites for hydroxylation is 4. The van der Waals surface area contributed by atoms with Gasteiger partial charge in [-0.15, -0.1) is 0 Å². The van der Waals surface area contributed by atoms with Crippen molar-refractivity contribution >= 4 is 22.8 Å². The van der Waals surface area contributed by atoms with E-state index in [-0.39, 0.29) is 28.2 Å². The van der Waals surface area contributed by atoms with Crippen LogP contribution >= 0.6 is 11.6 Å². The zero-order chi connectivity index (χ0) is 44.3. The van der Waals surface area contributed by atoms with E-state index in [2.05, 4.69) is 47.0 Å². The average molecular weight is 839 g/mol. The molecule has 6 rings (SSSR count). The van der Waals surface area contributed by atoms with Gasteiger partial charge in [-0.1, -0.05) is 147 Å². The monoisotopic (exact) mass is 837 g/mol. The number of nitrogens with zero attached hydrogens (tertiary/aromatic N) is 4. The van der Waals surface area contributed by atoms with E-state index in [0.717, 1.165) is 64.3 Å². The molecule has 0 saturated heterocycles. The Kier molecular flexibility index (Phi) is 19.7. The molecule has 0 atom stereocenters. The summed E-state index contributed by atoms with van der Waals surface area (Å²) in [7, 11) is 0. The minimum absolute atomic E-state index is 0.0335. The molecule has 0 amide bonds. The summed E-state index contributed by atoms with van der Waals surface area (Å²) in [6, 6.07) is 37.1. The van der Waals surface area contributed by atoms with Gasteiger partial charge in [-0.05, 0) is 104 Å². The largest absolute Gasteiger partial charge is 0.304 e. The summed E-state index contributed by atoms with van der Waals surface area (Å²) in [6.45, 7) is 21.1. The van der Waals surface area contributed by atoms with Crippen LogP contribution in [0.1, 0.15) is 89.6 Å². The van der Waals surface area contributed by atoms with Gasteiger partial charge in [-0.2, -0.15) is 10.2 Å². The number of rotatable bonds is 11. The van der Waals surface area contributed by atoms with Crippen LogP contribution in [-0.4, -0.2) is 55.7 Å². The second-order valence-corrected chi connectivity index (χ2v) is 16.7. The normalized spacial score (nSPS) is 11.1. The highest BCUT2D eigenvalue weighted by Gasteiger charge is 2.26. The lowest BCUT2D eigenvalue weighted by Gasteiger charge is -2.17. The van der Waals surface area contributed by atoms with Crippen LogP contribution in [0.2, 0.25) is 0 Å². The second kappa shape index (κ2) is 24.1. The van der Waals surface area contributed by atoms with Crippen molar-refractivity contribution in [3.63, 3.8) is 0 Å². The summed E-state index contributed by atoms with van der Waals surface area (Å²) in [4.78, 5) is 25.4. The van der Waals surface area contributed by atoms with E-state index >= 15 is 0 Å². The van der Waals surface area contributed by atoms with Gasteiger partial charge < -0.3 is 4.90 Å². The van der Waals surface area contributed by atoms with Crippen molar-refractivity contribution in [2.45, 2.75) is 88.0 Å². The molecule has 2 heterocycles. The Balaban J connectivity index is 0.000000248. The maximum atomic E-state index is 13.1. The van der Waals surface area contributed by atoms with Gasteiger partial charge in [0.2, 0.25) is 5.24 Å². The quantitative estimate of drug-likeness (QED) is 0.131. The van der Waals surface area contributed by atoms with E-state index in [1.54, 1.807) is 32.9 Å². The molecule has 60 heavy (non-hydrogen) atoms. The van der Waals surface area contributed by atoms with Gasteiger partial charge in [0.1, 0.15) is 11.6 Å². The number of nitrogens with one attached hydrogen (secondary N) is 1. The maximum absolute atomic E-state index is 13.1. The summed E-state index contributed by atoms with van der Waals surface area (Å²) in [6.07, 6.45) is 3.12. The third kappa shape index (κ3) is 16.8. The first-order chi connectivity index (χ1) is 28.4. The molecule has 0 saturated carbocycles. The fourth-order valence-corrected chi connectivity index (χ4v) is 5.61. The van der Waals surface area contributed by atoms with Crippen molar-refractivity contribution in [1.82, 2.24) is 24.9 Å². The van der Waals surface area contributed by atoms with Crippen molar-refractivity contribution in [2.75, 3.05) is 19.6 Å². The third-order valence-electron chi connectivity index (χ3n) is 9.50. The number of benzene rings is 4. The van der Waals surface area contributed by atoms with Gasteiger partial charge in [0.05, 0.1) is 11.4 Å². The van der Waals surface area contributed by atoms with Crippen LogP contribution in [0.3, 0.4) is 0 Å². The summed E-state index contributed by atoms with van der Waals surface area (Å²) in [5.41, 5.74) is 7.06. The van der Waals surface area contributed by atoms with Gasteiger partial charge in [-0.3, -0.25) is 14.7 Å². The first-order valence-electron chi connectivity index (χ1n) is 20.6. The van der Waals surface area contributed by atoms with Gasteiger partial charge in [0.25, 0.3) is 5.91 Å². The SMILES string of the molecule is CC(C)(C)C(=O)Cl.CC(C)(C)C(=O)n1nc(-c2ccccc2)cc1CCc1ccc(F)cc1.CCN(CC)CC.Fc1ccc(CCc2cc(-c3ccccc3)n[nH]2)cc1. The van der Waals surface area contributed by atoms with Crippen LogP contribution < -0.4 is 0 Å². The smallest absolute Gasteiger partial charge is 0.252 e. The molecular formula is C50H62ClF2N5O2. The zero-order valence-electron chi connectivity index (χ0n) is 36.7. The molecule has 320 valence electrons. The molecule has 0 spiro atoms. The Morgan fingerprint density at radius 3 is 1.45 bits per heavy atom. The van der Waals surface area contributed by atoms with E-state index < -0.39 is 5.41 Å². The number of halogens is 3. The third-order valence-corrected chi connectivity index (χ3v) is 10.1. The van der Waals surface area contributed by atoms with Crippen LogP contribution in [0.4, 0.5) is 8.78 Å². The predicted molar refractivity (Wildman–Crippen MR) is 243 cm³/mol. The molecule has 1 N–H and O–H groups in total. The Morgan fingerprint density at radius 1 is 0.617 bits per heavy atom. The lowest BCUT2D eigenvalue weighted by Crippen LogP contribution is -2.29. The summed E-state index contributed by atoms with van der Waals surface area (Å²) < 4.78 is 27.4. The highest BCUT2D eigenvalue weighted by atomic mass is 35.5. The van der Waals surface area contributed by atoms with Crippen LogP contribution in [0.15, 0.2) is 121 Å². The van der Waals surface area contributed by atoms with Crippen molar-refractivity contribution < 1.29 is 18.4 Å². The predicted octanol–water partition coefficient (Wildman–Crippen LogP) is 12.3. The van der Waals surface area contributed by atoms with E-state index in [9.17, 15) is 18.4 Å². The topological polar surface area (TPSA) is 83.9 Å². The fraction of sp³-hybridized carbons (Fsp3) is 0.360. The number of hydrogen-bond acceptors (Lipinski definition) is 5. The highest BCUT2D eigenvalue weighted by Crippen LogP contribution is 2.24. The Labute approximate surface area is 361 Å². The van der Waals surface area contributed by atoms with Gasteiger partial charge in [0.15, 0.2) is 0 Å². The van der Waals surface area contributed by atoms with Crippen molar-refractivity contribution in [2.24, 2.45) is 10.8 Å². The number of aromatic nitrogens is 4. The van der Waals surface area contributed by atoms with Crippen LogP contribution in [0.5, 0.6) is 0 Å². The number of carbonyl (C=O) groups excluding carboxylic acids is 2. The molecule has 0 radical (unpaired) electrons. The molecule has 0 fully saturated rings. The molecule has 0 unspecified atom stereocenters. The van der Waals surface area contributed by atoms with Gasteiger partial charge in [0, 0.05) is 33.3 Å². The van der Waals surface area contributed by atoms with Crippen molar-refractivity contribution in [1.29, 1.82) is 0 Å². The van der Waals surface area contributed by atoms with Crippen molar-refractivity contribution in [3.8, 4) is 22.5 Å². The first-order valence-corrected chi connectivity index (χ1v) is 21.0. The number of H-pyrrole nitrogens is 1. The molecular weight excluding hydrogens is 776 g/mol. The van der Waals surface area contributed by atoms with Gasteiger partial charge in [-0.25, -0.2) is 13.5 Å². The Bertz CT molecular complexity index is 2140. The minimum atomic E-state index is -0.523. The number of aromatic amines is 1. The fourth-order valence-electron chi connectivity index (χ4n) is 5.61. The standard InChI is InChI=1S/C22H23FN2O.C17H15FN2.C6H15N.C5H9ClO/c1-22(2,3)21(26)25-19(14-11-16-9-12-18(23)13-10-16)15-20(24-25)17-7-5-4-6-8-17;18-15-9-6-13(7-10-15)8-11-16-12-17(20-19-16)14-4-2-1-3-5-14;1-4-7(5-2)6-3;1-5(2,3)4(6)7/h4-10,12-13,15H,11,14H2,1-3H3;1-7,9-10,12H,8,11H2,(H,19,20);4-6H2,1-3H3;1-3H3. The summed E-state index contributed by atoms with van der Waals surface area (Å²) >= 11 is 5.11. The molecule has 6 aromatic rings. The molecule has 7 nitrogen and oxygen atoms in total.